The lowest BCUT2D eigenvalue weighted by atomic mass is 10.2. The summed E-state index contributed by atoms with van der Waals surface area (Å²) in [4.78, 5) is 24.4. The molecule has 0 radical (unpaired) electrons. The molecule has 0 bridgehead atoms. The van der Waals surface area contributed by atoms with Crippen molar-refractivity contribution in [3.63, 3.8) is 0 Å². The Morgan fingerprint density at radius 1 is 1.24 bits per heavy atom. The fourth-order valence-corrected chi connectivity index (χ4v) is 2.64. The van der Waals surface area contributed by atoms with Crippen molar-refractivity contribution in [1.29, 1.82) is 0 Å². The normalized spacial score (nSPS) is 11.0. The van der Waals surface area contributed by atoms with Crippen LogP contribution in [0, 0.1) is 0 Å². The van der Waals surface area contributed by atoms with Crippen LogP contribution in [0.25, 0.3) is 0 Å². The molecule has 7 nitrogen and oxygen atoms in total. The second kappa shape index (κ2) is 7.19. The second-order valence-corrected chi connectivity index (χ2v) is 6.03. The highest BCUT2D eigenvalue weighted by atomic mass is 32.2. The maximum absolute atomic E-state index is 12.0. The Bertz CT molecular complexity index is 610. The predicted molar refractivity (Wildman–Crippen MR) is 76.3 cm³/mol. The molecule has 0 aromatic heterocycles. The van der Waals surface area contributed by atoms with Crippen molar-refractivity contribution in [2.24, 2.45) is 0 Å². The van der Waals surface area contributed by atoms with Crippen molar-refractivity contribution < 1.29 is 22.7 Å². The number of esters is 1. The van der Waals surface area contributed by atoms with E-state index in [4.69, 9.17) is 0 Å². The van der Waals surface area contributed by atoms with E-state index in [1.165, 1.54) is 43.3 Å². The summed E-state index contributed by atoms with van der Waals surface area (Å²) in [5.41, 5.74) is 0.289. The number of benzene rings is 1. The van der Waals surface area contributed by atoms with Crippen molar-refractivity contribution in [1.82, 2.24) is 9.62 Å². The van der Waals surface area contributed by atoms with Crippen LogP contribution in [0.15, 0.2) is 29.2 Å². The number of sulfonamides is 1. The Hall–Kier alpha value is -1.93. The number of nitrogens with zero attached hydrogens (tertiary/aromatic N) is 1. The van der Waals surface area contributed by atoms with Gasteiger partial charge in [0, 0.05) is 19.2 Å². The molecule has 21 heavy (non-hydrogen) atoms. The predicted octanol–water partition coefficient (Wildman–Crippen LogP) is 0.230. The van der Waals surface area contributed by atoms with Crippen LogP contribution in [0.5, 0.6) is 0 Å². The van der Waals surface area contributed by atoms with Crippen molar-refractivity contribution in [3.8, 4) is 0 Å². The largest absolute Gasteiger partial charge is 0.468 e. The highest BCUT2D eigenvalue weighted by molar-refractivity contribution is 7.89. The van der Waals surface area contributed by atoms with Gasteiger partial charge in [-0.15, -0.1) is 0 Å². The van der Waals surface area contributed by atoms with Gasteiger partial charge in [0.2, 0.25) is 10.0 Å². The van der Waals surface area contributed by atoms with Gasteiger partial charge in [-0.25, -0.2) is 13.1 Å². The number of ether oxygens (including phenoxy) is 1. The Morgan fingerprint density at radius 2 is 1.81 bits per heavy atom. The first kappa shape index (κ1) is 17.1. The maximum Gasteiger partial charge on any atom is 0.325 e. The second-order valence-electron chi connectivity index (χ2n) is 4.26. The Kier molecular flexibility index (Phi) is 5.86. The van der Waals surface area contributed by atoms with Crippen LogP contribution in [0.3, 0.4) is 0 Å². The third-order valence-electron chi connectivity index (χ3n) is 2.69. The number of rotatable bonds is 6. The summed E-state index contributed by atoms with van der Waals surface area (Å²) in [6, 6.07) is 5.50. The molecule has 0 saturated heterocycles. The zero-order valence-corrected chi connectivity index (χ0v) is 12.9. The molecule has 8 heteroatoms. The molecular formula is C13H18N2O5S. The fourth-order valence-electron chi connectivity index (χ4n) is 1.60. The summed E-state index contributed by atoms with van der Waals surface area (Å²) in [5, 5.41) is 0. The molecule has 0 aliphatic rings. The van der Waals surface area contributed by atoms with Gasteiger partial charge in [0.25, 0.3) is 5.91 Å². The first-order chi connectivity index (χ1) is 9.81. The van der Waals surface area contributed by atoms with Crippen molar-refractivity contribution in [3.05, 3.63) is 29.8 Å². The maximum atomic E-state index is 12.0. The van der Waals surface area contributed by atoms with E-state index in [1.54, 1.807) is 6.92 Å². The number of nitrogens with one attached hydrogen (secondary N) is 1. The quantitative estimate of drug-likeness (QED) is 0.759. The van der Waals surface area contributed by atoms with Crippen LogP contribution in [0.1, 0.15) is 17.3 Å². The first-order valence-electron chi connectivity index (χ1n) is 6.23. The van der Waals surface area contributed by atoms with Crippen molar-refractivity contribution in [2.45, 2.75) is 11.8 Å². The molecule has 116 valence electrons. The minimum absolute atomic E-state index is 0.0801. The highest BCUT2D eigenvalue weighted by Crippen LogP contribution is 2.11. The molecule has 0 heterocycles. The highest BCUT2D eigenvalue weighted by Gasteiger charge is 2.17. The molecule has 1 aromatic carbocycles. The molecule has 0 saturated carbocycles. The number of carbonyl (C=O) groups excluding carboxylic acids is 2. The zero-order chi connectivity index (χ0) is 16.0. The minimum atomic E-state index is -3.55. The minimum Gasteiger partial charge on any atom is -0.468 e. The fraction of sp³-hybridized carbons (Fsp3) is 0.385. The number of carbonyl (C=O) groups is 2. The molecular weight excluding hydrogens is 296 g/mol. The van der Waals surface area contributed by atoms with E-state index in [0.717, 1.165) is 0 Å². The van der Waals surface area contributed by atoms with Gasteiger partial charge in [-0.3, -0.25) is 9.59 Å². The molecule has 0 aliphatic carbocycles. The van der Waals surface area contributed by atoms with E-state index in [9.17, 15) is 18.0 Å². The molecule has 0 fully saturated rings. The monoisotopic (exact) mass is 314 g/mol. The third-order valence-corrected chi connectivity index (χ3v) is 4.25. The number of methoxy groups -OCH3 is 1. The van der Waals surface area contributed by atoms with Crippen LogP contribution in [-0.4, -0.2) is 52.4 Å². The summed E-state index contributed by atoms with van der Waals surface area (Å²) < 4.78 is 30.4. The number of likely N-dealkylation sites (N-methyl/N-ethyl adjacent to an activating group) is 1. The molecule has 0 aliphatic heterocycles. The summed E-state index contributed by atoms with van der Waals surface area (Å²) in [7, 11) is -0.847. The molecule has 1 aromatic rings. The molecule has 0 unspecified atom stereocenters. The smallest absolute Gasteiger partial charge is 0.325 e. The Labute approximate surface area is 123 Å². The average Bonchev–Trinajstić information content (AvgIpc) is 2.46. The van der Waals surface area contributed by atoms with E-state index >= 15 is 0 Å². The van der Waals surface area contributed by atoms with Gasteiger partial charge in [-0.2, -0.15) is 0 Å². The van der Waals surface area contributed by atoms with Gasteiger partial charge in [0.1, 0.15) is 6.54 Å². The molecule has 1 N–H and O–H groups in total. The van der Waals surface area contributed by atoms with Gasteiger partial charge in [-0.1, -0.05) is 6.92 Å². The molecule has 0 spiro atoms. The topological polar surface area (TPSA) is 92.8 Å². The number of amides is 1. The standard InChI is InChI=1S/C13H18N2O5S/c1-4-14-21(18,19)11-7-5-10(6-8-11)13(17)15(2)9-12(16)20-3/h5-8,14H,4,9H2,1-3H3. The van der Waals surface area contributed by atoms with Gasteiger partial charge in [0.15, 0.2) is 0 Å². The van der Waals surface area contributed by atoms with Crippen LogP contribution in [0.4, 0.5) is 0 Å². The van der Waals surface area contributed by atoms with Crippen molar-refractivity contribution in [2.75, 3.05) is 27.2 Å². The van der Waals surface area contributed by atoms with Gasteiger partial charge in [0.05, 0.1) is 12.0 Å². The third kappa shape index (κ3) is 4.54. The van der Waals surface area contributed by atoms with E-state index in [0.29, 0.717) is 0 Å². The van der Waals surface area contributed by atoms with Gasteiger partial charge in [-0.05, 0) is 24.3 Å². The first-order valence-corrected chi connectivity index (χ1v) is 7.72. The summed E-state index contributed by atoms with van der Waals surface area (Å²) >= 11 is 0. The Balaban J connectivity index is 2.87. The number of hydrogen-bond donors (Lipinski definition) is 1. The lowest BCUT2D eigenvalue weighted by Gasteiger charge is -2.15. The zero-order valence-electron chi connectivity index (χ0n) is 12.1. The lowest BCUT2D eigenvalue weighted by molar-refractivity contribution is -0.141. The summed E-state index contributed by atoms with van der Waals surface area (Å²) in [6.45, 7) is 1.79. The van der Waals surface area contributed by atoms with Gasteiger partial charge >= 0.3 is 5.97 Å². The molecule has 1 rings (SSSR count). The van der Waals surface area contributed by atoms with Crippen molar-refractivity contribution >= 4 is 21.9 Å². The van der Waals surface area contributed by atoms with E-state index in [2.05, 4.69) is 9.46 Å². The van der Waals surface area contributed by atoms with E-state index in [1.807, 2.05) is 0 Å². The van der Waals surface area contributed by atoms with E-state index in [-0.39, 0.29) is 23.5 Å². The van der Waals surface area contributed by atoms with Crippen LogP contribution < -0.4 is 4.72 Å². The average molecular weight is 314 g/mol. The van der Waals surface area contributed by atoms with Crippen LogP contribution in [0.2, 0.25) is 0 Å². The molecule has 1 amide bonds. The SMILES string of the molecule is CCNS(=O)(=O)c1ccc(C(=O)N(C)CC(=O)OC)cc1. The summed E-state index contributed by atoms with van der Waals surface area (Å²) in [6.07, 6.45) is 0. The van der Waals surface area contributed by atoms with Gasteiger partial charge < -0.3 is 9.64 Å². The Morgan fingerprint density at radius 3 is 2.29 bits per heavy atom. The van der Waals surface area contributed by atoms with E-state index < -0.39 is 21.9 Å². The van der Waals surface area contributed by atoms with Crippen LogP contribution >= 0.6 is 0 Å². The molecule has 0 atom stereocenters. The lowest BCUT2D eigenvalue weighted by Crippen LogP contribution is -2.32. The van der Waals surface area contributed by atoms with Crippen LogP contribution in [-0.2, 0) is 19.6 Å². The summed E-state index contributed by atoms with van der Waals surface area (Å²) in [5.74, 6) is -0.926. The number of hydrogen-bond acceptors (Lipinski definition) is 5.